The molecule has 2 aromatic carbocycles. The summed E-state index contributed by atoms with van der Waals surface area (Å²) in [4.78, 5) is 0. The fourth-order valence-corrected chi connectivity index (χ4v) is 2.30. The van der Waals surface area contributed by atoms with Gasteiger partial charge >= 0.3 is 0 Å². The second-order valence-electron chi connectivity index (χ2n) is 4.83. The van der Waals surface area contributed by atoms with Crippen molar-refractivity contribution < 1.29 is 0 Å². The van der Waals surface area contributed by atoms with Gasteiger partial charge in [0.05, 0.1) is 11.2 Å². The molecule has 0 fully saturated rings. The van der Waals surface area contributed by atoms with Crippen molar-refractivity contribution in [1.29, 1.82) is 5.26 Å². The van der Waals surface area contributed by atoms with E-state index in [1.54, 1.807) is 0 Å². The highest BCUT2D eigenvalue weighted by molar-refractivity contribution is 5.92. The summed E-state index contributed by atoms with van der Waals surface area (Å²) in [7, 11) is 0. The van der Waals surface area contributed by atoms with Crippen LogP contribution in [-0.4, -0.2) is 10.2 Å². The van der Waals surface area contributed by atoms with Crippen molar-refractivity contribution in [3.05, 3.63) is 65.4 Å². The molecule has 0 spiro atoms. The van der Waals surface area contributed by atoms with E-state index in [0.717, 1.165) is 16.6 Å². The monoisotopic (exact) mass is 274 g/mol. The van der Waals surface area contributed by atoms with Gasteiger partial charge in [-0.3, -0.25) is 0 Å². The van der Waals surface area contributed by atoms with E-state index in [-0.39, 0.29) is 0 Å². The van der Waals surface area contributed by atoms with Crippen molar-refractivity contribution in [1.82, 2.24) is 10.2 Å². The normalized spacial score (nSPS) is 10.3. The molecule has 102 valence electrons. The predicted molar refractivity (Wildman–Crippen MR) is 82.8 cm³/mol. The number of benzene rings is 2. The van der Waals surface area contributed by atoms with E-state index in [1.807, 2.05) is 36.4 Å². The first-order valence-corrected chi connectivity index (χ1v) is 6.73. The summed E-state index contributed by atoms with van der Waals surface area (Å²) in [6, 6.07) is 18.0. The minimum atomic E-state index is 0.322. The van der Waals surface area contributed by atoms with Gasteiger partial charge in [0.2, 0.25) is 0 Å². The Balaban J connectivity index is 2.00. The van der Waals surface area contributed by atoms with E-state index in [4.69, 9.17) is 0 Å². The SMILES string of the molecule is Cc1ccccc1CNc1c(C#N)nnc2ccccc12. The molecule has 21 heavy (non-hydrogen) atoms. The lowest BCUT2D eigenvalue weighted by atomic mass is 10.1. The fourth-order valence-electron chi connectivity index (χ4n) is 2.30. The summed E-state index contributed by atoms with van der Waals surface area (Å²) in [6.07, 6.45) is 0. The molecule has 0 saturated carbocycles. The Labute approximate surface area is 123 Å². The fraction of sp³-hybridized carbons (Fsp3) is 0.118. The third-order valence-electron chi connectivity index (χ3n) is 3.49. The Morgan fingerprint density at radius 1 is 1.05 bits per heavy atom. The maximum Gasteiger partial charge on any atom is 0.186 e. The zero-order valence-electron chi connectivity index (χ0n) is 11.7. The molecule has 0 aliphatic heterocycles. The Kier molecular flexibility index (Phi) is 3.48. The smallest absolute Gasteiger partial charge is 0.186 e. The lowest BCUT2D eigenvalue weighted by Crippen LogP contribution is -2.05. The number of rotatable bonds is 3. The third-order valence-corrected chi connectivity index (χ3v) is 3.49. The van der Waals surface area contributed by atoms with Crippen molar-refractivity contribution in [2.45, 2.75) is 13.5 Å². The minimum absolute atomic E-state index is 0.322. The van der Waals surface area contributed by atoms with Crippen molar-refractivity contribution in [3.63, 3.8) is 0 Å². The molecule has 4 heteroatoms. The van der Waals surface area contributed by atoms with Gasteiger partial charge in [-0.25, -0.2) is 0 Å². The molecule has 0 amide bonds. The number of aromatic nitrogens is 2. The molecule has 1 aromatic heterocycles. The number of anilines is 1. The molecule has 1 N–H and O–H groups in total. The second kappa shape index (κ2) is 5.59. The highest BCUT2D eigenvalue weighted by atomic mass is 15.1. The average molecular weight is 274 g/mol. The van der Waals surface area contributed by atoms with Crippen LogP contribution in [0, 0.1) is 18.3 Å². The van der Waals surface area contributed by atoms with Crippen LogP contribution in [0.5, 0.6) is 0 Å². The largest absolute Gasteiger partial charge is 0.378 e. The molecule has 0 unspecified atom stereocenters. The number of fused-ring (bicyclic) bond motifs is 1. The first kappa shape index (κ1) is 13.1. The van der Waals surface area contributed by atoms with Crippen molar-refractivity contribution in [2.24, 2.45) is 0 Å². The van der Waals surface area contributed by atoms with Crippen LogP contribution in [0.2, 0.25) is 0 Å². The minimum Gasteiger partial charge on any atom is -0.378 e. The van der Waals surface area contributed by atoms with Crippen molar-refractivity contribution in [3.8, 4) is 6.07 Å². The van der Waals surface area contributed by atoms with E-state index in [9.17, 15) is 5.26 Å². The van der Waals surface area contributed by atoms with Gasteiger partial charge in [0.15, 0.2) is 5.69 Å². The lowest BCUT2D eigenvalue weighted by molar-refractivity contribution is 1.03. The quantitative estimate of drug-likeness (QED) is 0.795. The number of nitrogens with one attached hydrogen (secondary N) is 1. The number of nitriles is 1. The Morgan fingerprint density at radius 3 is 2.62 bits per heavy atom. The molecule has 0 bridgehead atoms. The van der Waals surface area contributed by atoms with E-state index < -0.39 is 0 Å². The zero-order valence-corrected chi connectivity index (χ0v) is 11.7. The van der Waals surface area contributed by atoms with E-state index in [2.05, 4.69) is 40.6 Å². The van der Waals surface area contributed by atoms with Crippen molar-refractivity contribution in [2.75, 3.05) is 5.32 Å². The summed E-state index contributed by atoms with van der Waals surface area (Å²) >= 11 is 0. The molecular formula is C17H14N4. The van der Waals surface area contributed by atoms with Crippen LogP contribution < -0.4 is 5.32 Å². The molecule has 0 atom stereocenters. The van der Waals surface area contributed by atoms with Gasteiger partial charge in [-0.05, 0) is 24.1 Å². The molecule has 0 aliphatic carbocycles. The van der Waals surface area contributed by atoms with E-state index in [0.29, 0.717) is 12.2 Å². The summed E-state index contributed by atoms with van der Waals surface area (Å²) in [5.41, 5.74) is 4.26. The maximum absolute atomic E-state index is 9.24. The van der Waals surface area contributed by atoms with Crippen molar-refractivity contribution >= 4 is 16.6 Å². The first-order valence-electron chi connectivity index (χ1n) is 6.73. The number of hydrogen-bond donors (Lipinski definition) is 1. The van der Waals surface area contributed by atoms with Crippen LogP contribution in [0.3, 0.4) is 0 Å². The summed E-state index contributed by atoms with van der Waals surface area (Å²) < 4.78 is 0. The van der Waals surface area contributed by atoms with Crippen LogP contribution in [0.15, 0.2) is 48.5 Å². The van der Waals surface area contributed by atoms with E-state index >= 15 is 0 Å². The van der Waals surface area contributed by atoms with Crippen LogP contribution in [-0.2, 0) is 6.54 Å². The highest BCUT2D eigenvalue weighted by Crippen LogP contribution is 2.24. The number of nitrogens with zero attached hydrogens (tertiary/aromatic N) is 3. The summed E-state index contributed by atoms with van der Waals surface area (Å²) in [5.74, 6) is 0. The van der Waals surface area contributed by atoms with Crippen LogP contribution in [0.4, 0.5) is 5.69 Å². The van der Waals surface area contributed by atoms with Crippen LogP contribution in [0.1, 0.15) is 16.8 Å². The Bertz CT molecular complexity index is 834. The molecule has 3 rings (SSSR count). The summed E-state index contributed by atoms with van der Waals surface area (Å²) in [5, 5.41) is 21.6. The summed E-state index contributed by atoms with van der Waals surface area (Å²) in [6.45, 7) is 2.72. The van der Waals surface area contributed by atoms with Gasteiger partial charge in [-0.15, -0.1) is 10.2 Å². The van der Waals surface area contributed by atoms with Crippen LogP contribution >= 0.6 is 0 Å². The predicted octanol–water partition coefficient (Wildman–Crippen LogP) is 3.42. The standard InChI is InChI=1S/C17H14N4/c1-12-6-2-3-7-13(12)11-19-17-14-8-4-5-9-15(14)20-21-16(17)10-18/h2-9H,11H2,1H3,(H,19,20). The van der Waals surface area contributed by atoms with Gasteiger partial charge in [-0.1, -0.05) is 42.5 Å². The highest BCUT2D eigenvalue weighted by Gasteiger charge is 2.10. The van der Waals surface area contributed by atoms with E-state index in [1.165, 1.54) is 11.1 Å². The average Bonchev–Trinajstić information content (AvgIpc) is 2.53. The molecule has 0 radical (unpaired) electrons. The van der Waals surface area contributed by atoms with Gasteiger partial charge in [0.1, 0.15) is 6.07 Å². The lowest BCUT2D eigenvalue weighted by Gasteiger charge is -2.11. The third kappa shape index (κ3) is 2.54. The number of aryl methyl sites for hydroxylation is 1. The molecule has 1 heterocycles. The maximum atomic E-state index is 9.24. The molecule has 0 saturated heterocycles. The van der Waals surface area contributed by atoms with Crippen LogP contribution in [0.25, 0.3) is 10.9 Å². The van der Waals surface area contributed by atoms with Gasteiger partial charge < -0.3 is 5.32 Å². The molecule has 4 nitrogen and oxygen atoms in total. The van der Waals surface area contributed by atoms with Gasteiger partial charge in [-0.2, -0.15) is 5.26 Å². The zero-order chi connectivity index (χ0) is 14.7. The molecular weight excluding hydrogens is 260 g/mol. The molecule has 3 aromatic rings. The number of hydrogen-bond acceptors (Lipinski definition) is 4. The molecule has 0 aliphatic rings. The second-order valence-corrected chi connectivity index (χ2v) is 4.83. The van der Waals surface area contributed by atoms with Gasteiger partial charge in [0, 0.05) is 11.9 Å². The Morgan fingerprint density at radius 2 is 1.81 bits per heavy atom. The first-order chi connectivity index (χ1) is 10.3. The topological polar surface area (TPSA) is 61.6 Å². The Hall–Kier alpha value is -2.93. The van der Waals surface area contributed by atoms with Gasteiger partial charge in [0.25, 0.3) is 0 Å².